The standard InChI is InChI=1S/C13H14Cl2N2O3S/c1-13(2,3)11-7-12(16-20-11)17-21(18,19)10-5-4-8(14)6-9(10)15/h4-7H,1-3H3,(H,16,17). The van der Waals surface area contributed by atoms with E-state index in [0.717, 1.165) is 0 Å². The molecular formula is C13H14Cl2N2O3S. The van der Waals surface area contributed by atoms with E-state index in [1.54, 1.807) is 6.07 Å². The third-order valence-electron chi connectivity index (χ3n) is 2.67. The SMILES string of the molecule is CC(C)(C)c1cc(NS(=O)(=O)c2ccc(Cl)cc2Cl)no1. The maximum Gasteiger partial charge on any atom is 0.264 e. The average molecular weight is 349 g/mol. The van der Waals surface area contributed by atoms with Gasteiger partial charge in [-0.2, -0.15) is 0 Å². The van der Waals surface area contributed by atoms with Gasteiger partial charge in [-0.1, -0.05) is 49.1 Å². The van der Waals surface area contributed by atoms with Crippen molar-refractivity contribution in [2.75, 3.05) is 4.72 Å². The lowest BCUT2D eigenvalue weighted by atomic mass is 9.93. The van der Waals surface area contributed by atoms with Gasteiger partial charge in [-0.05, 0) is 18.2 Å². The summed E-state index contributed by atoms with van der Waals surface area (Å²) in [5, 5.41) is 4.10. The van der Waals surface area contributed by atoms with E-state index in [2.05, 4.69) is 9.88 Å². The van der Waals surface area contributed by atoms with Crippen LogP contribution in [0.2, 0.25) is 10.0 Å². The van der Waals surface area contributed by atoms with Crippen molar-refractivity contribution in [2.45, 2.75) is 31.1 Å². The molecule has 0 atom stereocenters. The van der Waals surface area contributed by atoms with Crippen LogP contribution in [0, 0.1) is 0 Å². The molecule has 0 aliphatic carbocycles. The van der Waals surface area contributed by atoms with Crippen LogP contribution >= 0.6 is 23.2 Å². The second kappa shape index (κ2) is 5.51. The summed E-state index contributed by atoms with van der Waals surface area (Å²) in [6.07, 6.45) is 0. The van der Waals surface area contributed by atoms with Crippen molar-refractivity contribution < 1.29 is 12.9 Å². The number of benzene rings is 1. The van der Waals surface area contributed by atoms with Crippen molar-refractivity contribution in [3.63, 3.8) is 0 Å². The lowest BCUT2D eigenvalue weighted by Gasteiger charge is -2.12. The zero-order valence-corrected chi connectivity index (χ0v) is 14.0. The van der Waals surface area contributed by atoms with Crippen LogP contribution in [0.4, 0.5) is 5.82 Å². The van der Waals surface area contributed by atoms with Crippen LogP contribution in [0.25, 0.3) is 0 Å². The van der Waals surface area contributed by atoms with Crippen molar-refractivity contribution in [3.05, 3.63) is 40.1 Å². The highest BCUT2D eigenvalue weighted by Crippen LogP contribution is 2.28. The molecule has 0 aliphatic heterocycles. The minimum Gasteiger partial charge on any atom is -0.359 e. The number of anilines is 1. The van der Waals surface area contributed by atoms with E-state index in [9.17, 15) is 8.42 Å². The second-order valence-electron chi connectivity index (χ2n) is 5.51. The van der Waals surface area contributed by atoms with Crippen molar-refractivity contribution in [1.82, 2.24) is 5.16 Å². The van der Waals surface area contributed by atoms with Crippen LogP contribution in [-0.4, -0.2) is 13.6 Å². The molecule has 1 aromatic carbocycles. The van der Waals surface area contributed by atoms with Gasteiger partial charge < -0.3 is 4.52 Å². The van der Waals surface area contributed by atoms with Crippen LogP contribution in [0.5, 0.6) is 0 Å². The van der Waals surface area contributed by atoms with Crippen LogP contribution < -0.4 is 4.72 Å². The van der Waals surface area contributed by atoms with Crippen molar-refractivity contribution in [3.8, 4) is 0 Å². The van der Waals surface area contributed by atoms with Gasteiger partial charge in [0, 0.05) is 16.5 Å². The highest BCUT2D eigenvalue weighted by atomic mass is 35.5. The second-order valence-corrected chi connectivity index (χ2v) is 8.00. The Morgan fingerprint density at radius 1 is 1.19 bits per heavy atom. The molecule has 0 saturated carbocycles. The summed E-state index contributed by atoms with van der Waals surface area (Å²) < 4.78 is 32.0. The Hall–Kier alpha value is -1.24. The topological polar surface area (TPSA) is 72.2 Å². The Morgan fingerprint density at radius 2 is 1.86 bits per heavy atom. The van der Waals surface area contributed by atoms with Gasteiger partial charge in [-0.25, -0.2) is 8.42 Å². The molecule has 0 bridgehead atoms. The van der Waals surface area contributed by atoms with Gasteiger partial charge in [-0.3, -0.25) is 4.72 Å². The van der Waals surface area contributed by atoms with Crippen molar-refractivity contribution in [2.24, 2.45) is 0 Å². The first-order valence-electron chi connectivity index (χ1n) is 6.05. The summed E-state index contributed by atoms with van der Waals surface area (Å²) in [6.45, 7) is 5.80. The number of hydrogen-bond donors (Lipinski definition) is 1. The average Bonchev–Trinajstić information content (AvgIpc) is 2.75. The lowest BCUT2D eigenvalue weighted by Crippen LogP contribution is -2.14. The quantitative estimate of drug-likeness (QED) is 0.906. The number of halogens is 2. The molecule has 8 heteroatoms. The van der Waals surface area contributed by atoms with Crippen molar-refractivity contribution in [1.29, 1.82) is 0 Å². The molecule has 0 unspecified atom stereocenters. The smallest absolute Gasteiger partial charge is 0.264 e. The van der Waals surface area contributed by atoms with Crippen LogP contribution in [-0.2, 0) is 15.4 Å². The fraction of sp³-hybridized carbons (Fsp3) is 0.308. The summed E-state index contributed by atoms with van der Waals surface area (Å²) in [5.74, 6) is 0.674. The zero-order valence-electron chi connectivity index (χ0n) is 11.6. The van der Waals surface area contributed by atoms with Gasteiger partial charge in [0.25, 0.3) is 10.0 Å². The summed E-state index contributed by atoms with van der Waals surface area (Å²) in [6, 6.07) is 5.69. The first-order chi connectivity index (χ1) is 9.59. The first-order valence-corrected chi connectivity index (χ1v) is 8.28. The van der Waals surface area contributed by atoms with Gasteiger partial charge >= 0.3 is 0 Å². The van der Waals surface area contributed by atoms with Crippen LogP contribution in [0.1, 0.15) is 26.5 Å². The zero-order chi connectivity index (χ0) is 15.8. The molecule has 1 N–H and O–H groups in total. The minimum absolute atomic E-state index is 0.0366. The van der Waals surface area contributed by atoms with Gasteiger partial charge in [0.05, 0.1) is 5.02 Å². The number of sulfonamides is 1. The third-order valence-corrected chi connectivity index (χ3v) is 4.74. The Balaban J connectivity index is 2.31. The third kappa shape index (κ3) is 3.70. The minimum atomic E-state index is -3.86. The molecule has 2 rings (SSSR count). The van der Waals surface area contributed by atoms with E-state index < -0.39 is 10.0 Å². The molecule has 5 nitrogen and oxygen atoms in total. The highest BCUT2D eigenvalue weighted by molar-refractivity contribution is 7.92. The molecule has 1 aromatic heterocycles. The van der Waals surface area contributed by atoms with E-state index in [1.165, 1.54) is 18.2 Å². The van der Waals surface area contributed by atoms with E-state index in [1.807, 2.05) is 20.8 Å². The summed E-state index contributed by atoms with van der Waals surface area (Å²) in [7, 11) is -3.86. The molecule has 0 radical (unpaired) electrons. The first kappa shape index (κ1) is 16.1. The molecule has 0 aliphatic rings. The Morgan fingerprint density at radius 3 is 2.38 bits per heavy atom. The number of nitrogens with one attached hydrogen (secondary N) is 1. The Bertz CT molecular complexity index is 764. The molecule has 2 aromatic rings. The molecule has 21 heavy (non-hydrogen) atoms. The molecule has 0 amide bonds. The molecular weight excluding hydrogens is 335 g/mol. The van der Waals surface area contributed by atoms with Crippen molar-refractivity contribution >= 4 is 39.0 Å². The van der Waals surface area contributed by atoms with Gasteiger partial charge in [0.1, 0.15) is 10.7 Å². The fourth-order valence-electron chi connectivity index (χ4n) is 1.56. The molecule has 0 saturated heterocycles. The molecule has 0 spiro atoms. The Labute approximate surface area is 133 Å². The number of nitrogens with zero attached hydrogens (tertiary/aromatic N) is 1. The van der Waals surface area contributed by atoms with E-state index >= 15 is 0 Å². The predicted octanol–water partition coefficient (Wildman–Crippen LogP) is 4.08. The fourth-order valence-corrected chi connectivity index (χ4v) is 3.32. The highest BCUT2D eigenvalue weighted by Gasteiger charge is 2.23. The van der Waals surface area contributed by atoms with Gasteiger partial charge in [0.15, 0.2) is 5.82 Å². The molecule has 114 valence electrons. The monoisotopic (exact) mass is 348 g/mol. The van der Waals surface area contributed by atoms with E-state index in [0.29, 0.717) is 10.8 Å². The van der Waals surface area contributed by atoms with Crippen LogP contribution in [0.3, 0.4) is 0 Å². The number of hydrogen-bond acceptors (Lipinski definition) is 4. The molecule has 0 fully saturated rings. The largest absolute Gasteiger partial charge is 0.359 e. The van der Waals surface area contributed by atoms with Crippen LogP contribution in [0.15, 0.2) is 33.7 Å². The van der Waals surface area contributed by atoms with Gasteiger partial charge in [0.2, 0.25) is 0 Å². The lowest BCUT2D eigenvalue weighted by molar-refractivity contribution is 0.331. The summed E-state index contributed by atoms with van der Waals surface area (Å²) >= 11 is 11.7. The normalized spacial score (nSPS) is 12.4. The van der Waals surface area contributed by atoms with E-state index in [4.69, 9.17) is 27.7 Å². The molecule has 1 heterocycles. The number of aromatic nitrogens is 1. The number of rotatable bonds is 3. The summed E-state index contributed by atoms with van der Waals surface area (Å²) in [4.78, 5) is -0.0751. The maximum absolute atomic E-state index is 12.3. The summed E-state index contributed by atoms with van der Waals surface area (Å²) in [5.41, 5.74) is -0.269. The Kier molecular flexibility index (Phi) is 4.24. The maximum atomic E-state index is 12.3. The predicted molar refractivity (Wildman–Crippen MR) is 82.5 cm³/mol. The van der Waals surface area contributed by atoms with E-state index in [-0.39, 0.29) is 21.2 Å². The van der Waals surface area contributed by atoms with Gasteiger partial charge in [-0.15, -0.1) is 0 Å².